The van der Waals surface area contributed by atoms with Crippen LogP contribution in [-0.2, 0) is 23.3 Å². The second-order valence-electron chi connectivity index (χ2n) is 4.42. The molecule has 0 saturated carbocycles. The Morgan fingerprint density at radius 3 is 2.39 bits per heavy atom. The second kappa shape index (κ2) is 4.82. The Morgan fingerprint density at radius 2 is 1.67 bits per heavy atom. The molecular weight excluding hydrogens is 295 g/mol. The Hall–Kier alpha value is -1.19. The molecule has 0 atom stereocenters. The number of benzene rings is 2. The van der Waals surface area contributed by atoms with Gasteiger partial charge in [0.2, 0.25) is 0 Å². The molecule has 0 saturated heterocycles. The van der Waals surface area contributed by atoms with Crippen molar-refractivity contribution >= 4 is 15.9 Å². The number of fused-ring (bicyclic) bond motifs is 3. The fourth-order valence-corrected chi connectivity index (χ4v) is 2.68. The van der Waals surface area contributed by atoms with E-state index in [9.17, 15) is 4.39 Å². The van der Waals surface area contributed by atoms with Crippen molar-refractivity contribution in [3.63, 3.8) is 0 Å². The number of halogens is 2. The summed E-state index contributed by atoms with van der Waals surface area (Å²) in [5.41, 5.74) is 5.53. The first-order chi connectivity index (χ1) is 8.78. The molecule has 0 N–H and O–H groups in total. The summed E-state index contributed by atoms with van der Waals surface area (Å²) in [6, 6.07) is 11.2. The van der Waals surface area contributed by atoms with Gasteiger partial charge in [0.1, 0.15) is 5.82 Å². The summed E-state index contributed by atoms with van der Waals surface area (Å²) in [7, 11) is 0. The Kier molecular flexibility index (Phi) is 3.18. The van der Waals surface area contributed by atoms with Crippen LogP contribution in [0.15, 0.2) is 36.4 Å². The fourth-order valence-electron chi connectivity index (χ4n) is 2.33. The average molecular weight is 307 g/mol. The van der Waals surface area contributed by atoms with E-state index in [0.717, 1.165) is 27.6 Å². The van der Waals surface area contributed by atoms with Crippen molar-refractivity contribution in [2.24, 2.45) is 0 Å². The quantitative estimate of drug-likeness (QED) is 0.709. The molecule has 3 rings (SSSR count). The van der Waals surface area contributed by atoms with Gasteiger partial charge in [-0.25, -0.2) is 4.39 Å². The van der Waals surface area contributed by atoms with Crippen LogP contribution in [0.3, 0.4) is 0 Å². The normalized spacial score (nSPS) is 13.7. The smallest absolute Gasteiger partial charge is 0.123 e. The SMILES string of the molecule is Fc1ccc2c(c1)COCc1cc(CBr)ccc1-2. The summed E-state index contributed by atoms with van der Waals surface area (Å²) in [4.78, 5) is 0. The van der Waals surface area contributed by atoms with Crippen LogP contribution in [0.1, 0.15) is 16.7 Å². The lowest BCUT2D eigenvalue weighted by Gasteiger charge is -2.09. The van der Waals surface area contributed by atoms with Crippen LogP contribution in [0.4, 0.5) is 4.39 Å². The molecule has 0 aromatic heterocycles. The first-order valence-electron chi connectivity index (χ1n) is 5.82. The minimum atomic E-state index is -0.210. The molecule has 0 spiro atoms. The standard InChI is InChI=1S/C15H12BrFO/c16-7-10-1-3-14-11(5-10)8-18-9-12-6-13(17)2-4-15(12)14/h1-6H,7-9H2. The van der Waals surface area contributed by atoms with E-state index in [-0.39, 0.29) is 5.82 Å². The molecule has 0 fully saturated rings. The molecule has 2 aromatic carbocycles. The van der Waals surface area contributed by atoms with Gasteiger partial charge >= 0.3 is 0 Å². The van der Waals surface area contributed by atoms with Gasteiger partial charge in [-0.3, -0.25) is 0 Å². The van der Waals surface area contributed by atoms with Crippen molar-refractivity contribution in [1.82, 2.24) is 0 Å². The molecule has 1 aliphatic heterocycles. The van der Waals surface area contributed by atoms with Crippen LogP contribution in [0.5, 0.6) is 0 Å². The molecular formula is C15H12BrFO. The van der Waals surface area contributed by atoms with Gasteiger partial charge in [-0.2, -0.15) is 0 Å². The maximum atomic E-state index is 13.3. The van der Waals surface area contributed by atoms with Gasteiger partial charge in [-0.1, -0.05) is 40.2 Å². The van der Waals surface area contributed by atoms with Gasteiger partial charge in [0.05, 0.1) is 13.2 Å². The highest BCUT2D eigenvalue weighted by molar-refractivity contribution is 9.08. The first-order valence-corrected chi connectivity index (χ1v) is 6.94. The summed E-state index contributed by atoms with van der Waals surface area (Å²) >= 11 is 3.46. The van der Waals surface area contributed by atoms with Gasteiger partial charge in [0, 0.05) is 5.33 Å². The molecule has 3 heteroatoms. The van der Waals surface area contributed by atoms with Crippen LogP contribution >= 0.6 is 15.9 Å². The third-order valence-electron chi connectivity index (χ3n) is 3.20. The topological polar surface area (TPSA) is 9.23 Å². The Balaban J connectivity index is 2.18. The van der Waals surface area contributed by atoms with Crippen LogP contribution in [-0.4, -0.2) is 0 Å². The van der Waals surface area contributed by atoms with Gasteiger partial charge in [0.25, 0.3) is 0 Å². The van der Waals surface area contributed by atoms with E-state index in [4.69, 9.17) is 4.74 Å². The summed E-state index contributed by atoms with van der Waals surface area (Å²) in [6.07, 6.45) is 0. The molecule has 0 radical (unpaired) electrons. The third-order valence-corrected chi connectivity index (χ3v) is 3.84. The van der Waals surface area contributed by atoms with Gasteiger partial charge in [-0.15, -0.1) is 0 Å². The number of ether oxygens (including phenoxy) is 1. The summed E-state index contributed by atoms with van der Waals surface area (Å²) in [6.45, 7) is 1.04. The fraction of sp³-hybridized carbons (Fsp3) is 0.200. The average Bonchev–Trinajstić information content (AvgIpc) is 2.56. The van der Waals surface area contributed by atoms with Crippen molar-refractivity contribution in [2.75, 3.05) is 0 Å². The van der Waals surface area contributed by atoms with Crippen LogP contribution in [0.2, 0.25) is 0 Å². The maximum absolute atomic E-state index is 13.3. The predicted octanol–water partition coefficient (Wildman–Crippen LogP) is 4.42. The highest BCUT2D eigenvalue weighted by atomic mass is 79.9. The van der Waals surface area contributed by atoms with Crippen molar-refractivity contribution in [1.29, 1.82) is 0 Å². The van der Waals surface area contributed by atoms with Gasteiger partial charge in [0.15, 0.2) is 0 Å². The lowest BCUT2D eigenvalue weighted by molar-refractivity contribution is 0.109. The highest BCUT2D eigenvalue weighted by Crippen LogP contribution is 2.32. The van der Waals surface area contributed by atoms with E-state index < -0.39 is 0 Å². The molecule has 1 aliphatic rings. The van der Waals surface area contributed by atoms with Crippen LogP contribution in [0, 0.1) is 5.82 Å². The molecule has 0 unspecified atom stereocenters. The molecule has 0 amide bonds. The van der Waals surface area contributed by atoms with E-state index >= 15 is 0 Å². The first kappa shape index (κ1) is 11.9. The van der Waals surface area contributed by atoms with E-state index in [1.807, 2.05) is 6.07 Å². The molecule has 18 heavy (non-hydrogen) atoms. The highest BCUT2D eigenvalue weighted by Gasteiger charge is 2.15. The largest absolute Gasteiger partial charge is 0.372 e. The van der Waals surface area contributed by atoms with Crippen molar-refractivity contribution in [2.45, 2.75) is 18.5 Å². The van der Waals surface area contributed by atoms with Crippen molar-refractivity contribution < 1.29 is 9.13 Å². The van der Waals surface area contributed by atoms with Crippen molar-refractivity contribution in [3.05, 3.63) is 58.9 Å². The lowest BCUT2D eigenvalue weighted by Crippen LogP contribution is -1.91. The summed E-state index contributed by atoms with van der Waals surface area (Å²) < 4.78 is 18.9. The van der Waals surface area contributed by atoms with E-state index in [0.29, 0.717) is 13.2 Å². The molecule has 92 valence electrons. The van der Waals surface area contributed by atoms with E-state index in [1.54, 1.807) is 6.07 Å². The molecule has 0 bridgehead atoms. The zero-order valence-electron chi connectivity index (χ0n) is 9.75. The number of rotatable bonds is 1. The third kappa shape index (κ3) is 2.08. The van der Waals surface area contributed by atoms with Crippen molar-refractivity contribution in [3.8, 4) is 11.1 Å². The molecule has 0 aliphatic carbocycles. The zero-order chi connectivity index (χ0) is 12.5. The monoisotopic (exact) mass is 306 g/mol. The Labute approximate surface area is 114 Å². The number of alkyl halides is 1. The second-order valence-corrected chi connectivity index (χ2v) is 4.98. The van der Waals surface area contributed by atoms with E-state index in [2.05, 4.69) is 34.1 Å². The van der Waals surface area contributed by atoms with Crippen LogP contribution < -0.4 is 0 Å². The molecule has 1 heterocycles. The Morgan fingerprint density at radius 1 is 1.00 bits per heavy atom. The van der Waals surface area contributed by atoms with Gasteiger partial charge in [-0.05, 0) is 39.9 Å². The molecule has 2 aromatic rings. The number of hydrogen-bond donors (Lipinski definition) is 0. The molecule has 1 nitrogen and oxygen atoms in total. The predicted molar refractivity (Wildman–Crippen MR) is 73.0 cm³/mol. The maximum Gasteiger partial charge on any atom is 0.123 e. The summed E-state index contributed by atoms with van der Waals surface area (Å²) in [5.74, 6) is -0.210. The van der Waals surface area contributed by atoms with Crippen LogP contribution in [0.25, 0.3) is 11.1 Å². The Bertz CT molecular complexity index is 595. The zero-order valence-corrected chi connectivity index (χ0v) is 11.3. The van der Waals surface area contributed by atoms with E-state index in [1.165, 1.54) is 11.6 Å². The number of hydrogen-bond acceptors (Lipinski definition) is 1. The minimum absolute atomic E-state index is 0.210. The van der Waals surface area contributed by atoms with Gasteiger partial charge < -0.3 is 4.74 Å². The summed E-state index contributed by atoms with van der Waals surface area (Å²) in [5, 5.41) is 0.830. The minimum Gasteiger partial charge on any atom is -0.372 e. The lowest BCUT2D eigenvalue weighted by atomic mass is 9.95.